The molecule has 2 aromatic rings. The fraction of sp³-hybridized carbons (Fsp3) is 0.529. The van der Waals surface area contributed by atoms with Crippen LogP contribution >= 0.6 is 11.3 Å². The Morgan fingerprint density at radius 2 is 2.00 bits per heavy atom. The van der Waals surface area contributed by atoms with E-state index in [1.165, 1.54) is 15.6 Å². The molecule has 0 saturated carbocycles. The molecule has 7 nitrogen and oxygen atoms in total. The van der Waals surface area contributed by atoms with E-state index in [1.54, 1.807) is 6.07 Å². The first-order valence-corrected chi connectivity index (χ1v) is 11.1. The zero-order valence-corrected chi connectivity index (χ0v) is 16.9. The van der Waals surface area contributed by atoms with E-state index >= 15 is 0 Å². The number of hydrogen-bond acceptors (Lipinski definition) is 7. The number of aromatic nitrogens is 2. The topological polar surface area (TPSA) is 75.6 Å². The van der Waals surface area contributed by atoms with Gasteiger partial charge in [0.25, 0.3) is 5.19 Å². The first kappa shape index (κ1) is 19.1. The van der Waals surface area contributed by atoms with Gasteiger partial charge in [0.1, 0.15) is 5.01 Å². The predicted octanol–water partition coefficient (Wildman–Crippen LogP) is 2.53. The van der Waals surface area contributed by atoms with Crippen molar-refractivity contribution in [1.82, 2.24) is 14.5 Å². The molecular weight excluding hydrogens is 372 g/mol. The quantitative estimate of drug-likeness (QED) is 0.683. The van der Waals surface area contributed by atoms with Gasteiger partial charge in [0, 0.05) is 25.3 Å². The van der Waals surface area contributed by atoms with Gasteiger partial charge in [0.05, 0.1) is 18.0 Å². The van der Waals surface area contributed by atoms with Crippen molar-refractivity contribution in [3.8, 4) is 5.19 Å². The smallest absolute Gasteiger partial charge is 0.294 e. The van der Waals surface area contributed by atoms with Crippen LogP contribution in [0.4, 0.5) is 5.69 Å². The van der Waals surface area contributed by atoms with Crippen molar-refractivity contribution in [1.29, 1.82) is 0 Å². The second-order valence-corrected chi connectivity index (χ2v) is 8.91. The molecule has 0 N–H and O–H groups in total. The number of hydrogen-bond donors (Lipinski definition) is 0. The van der Waals surface area contributed by atoms with Crippen LogP contribution in [0.5, 0.6) is 5.19 Å². The highest BCUT2D eigenvalue weighted by Gasteiger charge is 2.26. The minimum Gasteiger partial charge on any atom is -0.469 e. The van der Waals surface area contributed by atoms with Crippen LogP contribution in [0.3, 0.4) is 0 Å². The van der Waals surface area contributed by atoms with Crippen LogP contribution in [0, 0.1) is 0 Å². The molecule has 0 bridgehead atoms. The molecule has 0 atom stereocenters. The molecule has 0 fully saturated rings. The van der Waals surface area contributed by atoms with Crippen molar-refractivity contribution in [3.63, 3.8) is 0 Å². The lowest BCUT2D eigenvalue weighted by Crippen LogP contribution is -2.30. The zero-order valence-electron chi connectivity index (χ0n) is 15.3. The van der Waals surface area contributed by atoms with Crippen LogP contribution in [0.1, 0.15) is 31.3 Å². The minimum atomic E-state index is -3.42. The molecule has 2 heterocycles. The van der Waals surface area contributed by atoms with Gasteiger partial charge in [0.2, 0.25) is 10.0 Å². The van der Waals surface area contributed by atoms with Crippen LogP contribution in [-0.4, -0.2) is 49.2 Å². The van der Waals surface area contributed by atoms with E-state index in [4.69, 9.17) is 4.74 Å². The highest BCUT2D eigenvalue weighted by molar-refractivity contribution is 7.89. The van der Waals surface area contributed by atoms with Gasteiger partial charge >= 0.3 is 0 Å². The summed E-state index contributed by atoms with van der Waals surface area (Å²) in [4.78, 5) is 2.58. The predicted molar refractivity (Wildman–Crippen MR) is 102 cm³/mol. The van der Waals surface area contributed by atoms with E-state index in [0.29, 0.717) is 36.3 Å². The molecule has 1 aromatic heterocycles. The molecule has 0 amide bonds. The third kappa shape index (κ3) is 3.70. The summed E-state index contributed by atoms with van der Waals surface area (Å²) in [7, 11) is -3.42. The number of anilines is 1. The highest BCUT2D eigenvalue weighted by Crippen LogP contribution is 2.33. The Hall–Kier alpha value is -1.71. The Labute approximate surface area is 158 Å². The molecule has 0 spiro atoms. The summed E-state index contributed by atoms with van der Waals surface area (Å²) < 4.78 is 32.3. The average molecular weight is 397 g/mol. The largest absolute Gasteiger partial charge is 0.469 e. The molecule has 9 heteroatoms. The van der Waals surface area contributed by atoms with Crippen molar-refractivity contribution in [2.75, 3.05) is 31.1 Å². The van der Waals surface area contributed by atoms with Gasteiger partial charge in [-0.05, 0) is 37.1 Å². The molecule has 1 aliphatic rings. The molecule has 1 aromatic carbocycles. The van der Waals surface area contributed by atoms with Gasteiger partial charge in [-0.15, -0.1) is 5.10 Å². The maximum absolute atomic E-state index is 12.7. The summed E-state index contributed by atoms with van der Waals surface area (Å²) in [6, 6.07) is 5.43. The third-order valence-corrected chi connectivity index (χ3v) is 7.29. The van der Waals surface area contributed by atoms with Crippen LogP contribution in [0.15, 0.2) is 23.1 Å². The van der Waals surface area contributed by atoms with E-state index in [1.807, 2.05) is 32.9 Å². The lowest BCUT2D eigenvalue weighted by atomic mass is 10.2. The average Bonchev–Trinajstić information content (AvgIpc) is 3.23. The van der Waals surface area contributed by atoms with Gasteiger partial charge in [-0.2, -0.15) is 4.31 Å². The van der Waals surface area contributed by atoms with Crippen LogP contribution < -0.4 is 9.64 Å². The highest BCUT2D eigenvalue weighted by atomic mass is 32.2. The van der Waals surface area contributed by atoms with Crippen molar-refractivity contribution in [3.05, 3.63) is 28.8 Å². The monoisotopic (exact) mass is 396 g/mol. The third-order valence-electron chi connectivity index (χ3n) is 4.43. The van der Waals surface area contributed by atoms with Gasteiger partial charge < -0.3 is 9.64 Å². The second kappa shape index (κ2) is 7.89. The Kier molecular flexibility index (Phi) is 5.79. The molecule has 26 heavy (non-hydrogen) atoms. The first-order chi connectivity index (χ1) is 12.5. The lowest BCUT2D eigenvalue weighted by Gasteiger charge is -2.20. The maximum Gasteiger partial charge on any atom is 0.294 e. The fourth-order valence-corrected chi connectivity index (χ4v) is 5.40. The Bertz CT molecular complexity index is 863. The summed E-state index contributed by atoms with van der Waals surface area (Å²) in [5, 5.41) is 9.67. The maximum atomic E-state index is 12.7. The summed E-state index contributed by atoms with van der Waals surface area (Å²) in [5.74, 6) is 0. The summed E-state index contributed by atoms with van der Waals surface area (Å²) in [6.07, 6.45) is 0.827. The van der Waals surface area contributed by atoms with E-state index < -0.39 is 10.0 Å². The lowest BCUT2D eigenvalue weighted by molar-refractivity contribution is 0.335. The summed E-state index contributed by atoms with van der Waals surface area (Å²) >= 11 is 1.45. The van der Waals surface area contributed by atoms with Crippen LogP contribution in [0.2, 0.25) is 0 Å². The van der Waals surface area contributed by atoms with Crippen molar-refractivity contribution in [2.24, 2.45) is 0 Å². The summed E-state index contributed by atoms with van der Waals surface area (Å²) in [6.45, 7) is 8.64. The number of rotatable bonds is 8. The molecule has 0 aliphatic carbocycles. The molecular formula is C17H24N4O3S2. The number of nitrogens with zero attached hydrogens (tertiary/aromatic N) is 4. The molecule has 0 radical (unpaired) electrons. The Morgan fingerprint density at radius 1 is 1.23 bits per heavy atom. The number of fused-ring (bicyclic) bond motifs is 1. The van der Waals surface area contributed by atoms with Crippen LogP contribution in [0.25, 0.3) is 0 Å². The van der Waals surface area contributed by atoms with Gasteiger partial charge in [-0.1, -0.05) is 30.3 Å². The van der Waals surface area contributed by atoms with Crippen molar-refractivity contribution in [2.45, 2.75) is 38.6 Å². The number of ether oxygens (including phenoxy) is 1. The zero-order chi connectivity index (χ0) is 18.7. The van der Waals surface area contributed by atoms with Crippen molar-refractivity contribution < 1.29 is 13.2 Å². The first-order valence-electron chi connectivity index (χ1n) is 8.82. The molecule has 0 saturated heterocycles. The molecule has 0 unspecified atom stereocenters. The molecule has 3 rings (SSSR count). The molecule has 142 valence electrons. The normalized spacial score (nSPS) is 14.1. The molecule has 1 aliphatic heterocycles. The second-order valence-electron chi connectivity index (χ2n) is 5.95. The number of benzene rings is 1. The summed E-state index contributed by atoms with van der Waals surface area (Å²) in [5.41, 5.74) is 2.13. The van der Waals surface area contributed by atoms with E-state index in [9.17, 15) is 8.42 Å². The Balaban J connectivity index is 1.79. The van der Waals surface area contributed by atoms with Crippen LogP contribution in [-0.2, 0) is 23.0 Å². The standard InChI is InChI=1S/C17H24N4O3S2/c1-4-21(5-2)26(22,23)14-7-8-15-13(11-14)9-10-20(15)12-16-18-19-17(25-16)24-6-3/h7-8,11H,4-6,9-10,12H2,1-3H3. The number of sulfonamides is 1. The van der Waals surface area contributed by atoms with Gasteiger partial charge in [-0.25, -0.2) is 8.42 Å². The minimum absolute atomic E-state index is 0.372. The fourth-order valence-electron chi connectivity index (χ4n) is 3.13. The SMILES string of the molecule is CCOc1nnc(CN2CCc3cc(S(=O)(=O)N(CC)CC)ccc32)s1. The Morgan fingerprint density at radius 3 is 2.69 bits per heavy atom. The van der Waals surface area contributed by atoms with Crippen molar-refractivity contribution >= 4 is 27.0 Å². The van der Waals surface area contributed by atoms with Gasteiger partial charge in [0.15, 0.2) is 0 Å². The van der Waals surface area contributed by atoms with E-state index in [-0.39, 0.29) is 0 Å². The van der Waals surface area contributed by atoms with Gasteiger partial charge in [-0.3, -0.25) is 0 Å². The van der Waals surface area contributed by atoms with E-state index in [0.717, 1.165) is 29.2 Å². The van der Waals surface area contributed by atoms with E-state index in [2.05, 4.69) is 15.1 Å².